The van der Waals surface area contributed by atoms with Crippen LogP contribution in [0.4, 0.5) is 0 Å². The van der Waals surface area contributed by atoms with Crippen molar-refractivity contribution in [2.75, 3.05) is 0 Å². The fourth-order valence-electron chi connectivity index (χ4n) is 2.26. The van der Waals surface area contributed by atoms with Gasteiger partial charge in [0.15, 0.2) is 0 Å². The van der Waals surface area contributed by atoms with Gasteiger partial charge in [-0.05, 0) is 17.7 Å². The quantitative estimate of drug-likeness (QED) is 0.613. The molecule has 0 radical (unpaired) electrons. The van der Waals surface area contributed by atoms with Gasteiger partial charge in [0.05, 0.1) is 5.71 Å². The van der Waals surface area contributed by atoms with Gasteiger partial charge in [-0.25, -0.2) is 0 Å². The van der Waals surface area contributed by atoms with Crippen LogP contribution in [0, 0.1) is 0 Å². The minimum atomic E-state index is -0.0107. The van der Waals surface area contributed by atoms with Crippen LogP contribution < -0.4 is 10.6 Å². The molecule has 3 rings (SSSR count). The van der Waals surface area contributed by atoms with E-state index in [9.17, 15) is 0 Å². The van der Waals surface area contributed by atoms with Crippen molar-refractivity contribution in [3.05, 3.63) is 65.7 Å². The SMILES string of the molecule is NN=C1C[C@H](c2ccccc2)Oc2ccccc21. The summed E-state index contributed by atoms with van der Waals surface area (Å²) in [7, 11) is 0. The van der Waals surface area contributed by atoms with Gasteiger partial charge in [0.2, 0.25) is 0 Å². The third-order valence-corrected chi connectivity index (χ3v) is 3.17. The molecule has 0 aromatic heterocycles. The molecule has 3 nitrogen and oxygen atoms in total. The van der Waals surface area contributed by atoms with E-state index in [4.69, 9.17) is 10.6 Å². The van der Waals surface area contributed by atoms with Crippen LogP contribution in [-0.4, -0.2) is 5.71 Å². The monoisotopic (exact) mass is 238 g/mol. The second-order valence-electron chi connectivity index (χ2n) is 4.29. The van der Waals surface area contributed by atoms with Gasteiger partial charge in [0, 0.05) is 12.0 Å². The fourth-order valence-corrected chi connectivity index (χ4v) is 2.26. The molecule has 0 unspecified atom stereocenters. The zero-order valence-electron chi connectivity index (χ0n) is 9.91. The van der Waals surface area contributed by atoms with E-state index >= 15 is 0 Å². The highest BCUT2D eigenvalue weighted by Gasteiger charge is 2.25. The number of nitrogens with zero attached hydrogens (tertiary/aromatic N) is 1. The molecule has 0 saturated heterocycles. The highest BCUT2D eigenvalue weighted by atomic mass is 16.5. The summed E-state index contributed by atoms with van der Waals surface area (Å²) in [4.78, 5) is 0. The number of fused-ring (bicyclic) bond motifs is 1. The average Bonchev–Trinajstić information content (AvgIpc) is 2.47. The predicted molar refractivity (Wildman–Crippen MR) is 71.6 cm³/mol. The Labute approximate surface area is 106 Å². The van der Waals surface area contributed by atoms with E-state index in [0.29, 0.717) is 6.42 Å². The maximum Gasteiger partial charge on any atom is 0.129 e. The number of rotatable bonds is 1. The Morgan fingerprint density at radius 3 is 2.50 bits per heavy atom. The third kappa shape index (κ3) is 1.84. The Hall–Kier alpha value is -2.29. The van der Waals surface area contributed by atoms with E-state index in [2.05, 4.69) is 17.2 Å². The molecule has 0 spiro atoms. The molecule has 1 aliphatic heterocycles. The van der Waals surface area contributed by atoms with Gasteiger partial charge in [-0.1, -0.05) is 42.5 Å². The van der Waals surface area contributed by atoms with Gasteiger partial charge < -0.3 is 10.6 Å². The first-order valence-corrected chi connectivity index (χ1v) is 5.96. The van der Waals surface area contributed by atoms with Crippen LogP contribution in [0.1, 0.15) is 23.7 Å². The Balaban J connectivity index is 2.00. The Bertz CT molecular complexity index is 578. The van der Waals surface area contributed by atoms with Crippen molar-refractivity contribution >= 4 is 5.71 Å². The van der Waals surface area contributed by atoms with E-state index < -0.39 is 0 Å². The van der Waals surface area contributed by atoms with Gasteiger partial charge in [-0.2, -0.15) is 5.10 Å². The first-order chi connectivity index (χ1) is 8.88. The van der Waals surface area contributed by atoms with Gasteiger partial charge in [0.1, 0.15) is 11.9 Å². The van der Waals surface area contributed by atoms with Crippen molar-refractivity contribution in [2.24, 2.45) is 10.9 Å². The van der Waals surface area contributed by atoms with Crippen LogP contribution in [0.3, 0.4) is 0 Å². The minimum Gasteiger partial charge on any atom is -0.485 e. The second-order valence-corrected chi connectivity index (χ2v) is 4.29. The molecular formula is C15H14N2O. The first kappa shape index (κ1) is 10.8. The Morgan fingerprint density at radius 2 is 1.72 bits per heavy atom. The van der Waals surface area contributed by atoms with E-state index in [1.807, 2.05) is 42.5 Å². The van der Waals surface area contributed by atoms with E-state index in [1.54, 1.807) is 0 Å². The van der Waals surface area contributed by atoms with Crippen LogP contribution in [0.2, 0.25) is 0 Å². The molecule has 1 atom stereocenters. The molecule has 0 bridgehead atoms. The molecule has 18 heavy (non-hydrogen) atoms. The minimum absolute atomic E-state index is 0.0107. The molecule has 0 amide bonds. The lowest BCUT2D eigenvalue weighted by Crippen LogP contribution is -2.21. The maximum absolute atomic E-state index is 6.01. The molecule has 1 aliphatic rings. The maximum atomic E-state index is 6.01. The first-order valence-electron chi connectivity index (χ1n) is 5.96. The molecule has 90 valence electrons. The normalized spacial score (nSPS) is 20.2. The predicted octanol–water partition coefficient (Wildman–Crippen LogP) is 2.87. The standard InChI is InChI=1S/C15H14N2O/c16-17-13-10-15(11-6-2-1-3-7-11)18-14-9-5-4-8-12(13)14/h1-9,15H,10,16H2/t15-/m1/s1. The number of hydrogen-bond acceptors (Lipinski definition) is 3. The second kappa shape index (κ2) is 4.53. The zero-order valence-corrected chi connectivity index (χ0v) is 9.91. The van der Waals surface area contributed by atoms with E-state index in [1.165, 1.54) is 0 Å². The lowest BCUT2D eigenvalue weighted by Gasteiger charge is -2.27. The Morgan fingerprint density at radius 1 is 1.00 bits per heavy atom. The average molecular weight is 238 g/mol. The lowest BCUT2D eigenvalue weighted by atomic mass is 9.96. The zero-order chi connectivity index (χ0) is 12.4. The number of hydrogen-bond donors (Lipinski definition) is 1. The fraction of sp³-hybridized carbons (Fsp3) is 0.133. The van der Waals surface area contributed by atoms with Gasteiger partial charge in [-0.15, -0.1) is 0 Å². The van der Waals surface area contributed by atoms with Crippen molar-refractivity contribution in [1.29, 1.82) is 0 Å². The number of para-hydroxylation sites is 1. The van der Waals surface area contributed by atoms with Crippen LogP contribution >= 0.6 is 0 Å². The van der Waals surface area contributed by atoms with Crippen molar-refractivity contribution in [2.45, 2.75) is 12.5 Å². The molecule has 0 aliphatic carbocycles. The van der Waals surface area contributed by atoms with Crippen molar-refractivity contribution in [3.8, 4) is 5.75 Å². The molecule has 0 fully saturated rings. The summed E-state index contributed by atoms with van der Waals surface area (Å²) in [5.41, 5.74) is 3.03. The number of benzene rings is 2. The topological polar surface area (TPSA) is 47.6 Å². The highest BCUT2D eigenvalue weighted by Crippen LogP contribution is 2.34. The summed E-state index contributed by atoms with van der Waals surface area (Å²) >= 11 is 0. The summed E-state index contributed by atoms with van der Waals surface area (Å²) in [6.07, 6.45) is 0.695. The van der Waals surface area contributed by atoms with Crippen molar-refractivity contribution in [3.63, 3.8) is 0 Å². The van der Waals surface area contributed by atoms with Crippen LogP contribution in [0.5, 0.6) is 5.75 Å². The summed E-state index contributed by atoms with van der Waals surface area (Å²) in [6, 6.07) is 18.0. The molecule has 0 saturated carbocycles. The summed E-state index contributed by atoms with van der Waals surface area (Å²) in [5, 5.41) is 3.90. The molecule has 1 heterocycles. The van der Waals surface area contributed by atoms with E-state index in [0.717, 1.165) is 22.6 Å². The number of ether oxygens (including phenoxy) is 1. The van der Waals surface area contributed by atoms with Gasteiger partial charge >= 0.3 is 0 Å². The lowest BCUT2D eigenvalue weighted by molar-refractivity contribution is 0.206. The largest absolute Gasteiger partial charge is 0.485 e. The summed E-state index contributed by atoms with van der Waals surface area (Å²) < 4.78 is 6.01. The van der Waals surface area contributed by atoms with Crippen LogP contribution in [0.25, 0.3) is 0 Å². The third-order valence-electron chi connectivity index (χ3n) is 3.17. The molecule has 3 heteroatoms. The molecule has 2 aromatic rings. The number of hydrazone groups is 1. The van der Waals surface area contributed by atoms with Crippen LogP contribution in [0.15, 0.2) is 59.7 Å². The summed E-state index contributed by atoms with van der Waals surface area (Å²) in [6.45, 7) is 0. The Kier molecular flexibility index (Phi) is 2.73. The van der Waals surface area contributed by atoms with Gasteiger partial charge in [-0.3, -0.25) is 0 Å². The van der Waals surface area contributed by atoms with Gasteiger partial charge in [0.25, 0.3) is 0 Å². The molecule has 2 aromatic carbocycles. The molecular weight excluding hydrogens is 224 g/mol. The summed E-state index contributed by atoms with van der Waals surface area (Å²) in [5.74, 6) is 6.34. The van der Waals surface area contributed by atoms with Crippen molar-refractivity contribution < 1.29 is 4.74 Å². The van der Waals surface area contributed by atoms with Crippen LogP contribution in [-0.2, 0) is 0 Å². The highest BCUT2D eigenvalue weighted by molar-refractivity contribution is 6.03. The van der Waals surface area contributed by atoms with Crippen molar-refractivity contribution in [1.82, 2.24) is 0 Å². The smallest absolute Gasteiger partial charge is 0.129 e. The van der Waals surface area contributed by atoms with E-state index in [-0.39, 0.29) is 6.10 Å². The molecule has 2 N–H and O–H groups in total. The number of nitrogens with two attached hydrogens (primary N) is 1.